The molecule has 0 saturated carbocycles. The molecule has 0 aliphatic heterocycles. The number of hydrogen-bond donors (Lipinski definition) is 0. The lowest BCUT2D eigenvalue weighted by Crippen LogP contribution is -2.07. The van der Waals surface area contributed by atoms with Crippen LogP contribution in [0, 0.1) is 22.7 Å². The SMILES string of the molecule is CN(C)c1ncc(-c2ccc(C=C(C#N)C#N)s2)s1. The zero-order chi connectivity index (χ0) is 13.8. The van der Waals surface area contributed by atoms with Gasteiger partial charge >= 0.3 is 0 Å². The van der Waals surface area contributed by atoms with E-state index in [1.807, 2.05) is 49.5 Å². The van der Waals surface area contributed by atoms with Crippen molar-refractivity contribution >= 4 is 33.9 Å². The van der Waals surface area contributed by atoms with Crippen LogP contribution in [0.25, 0.3) is 15.8 Å². The topological polar surface area (TPSA) is 63.7 Å². The summed E-state index contributed by atoms with van der Waals surface area (Å²) >= 11 is 3.16. The Bertz CT molecular complexity index is 679. The Hall–Kier alpha value is -2.15. The van der Waals surface area contributed by atoms with Gasteiger partial charge in [0.2, 0.25) is 0 Å². The lowest BCUT2D eigenvalue weighted by atomic mass is 10.3. The molecule has 2 rings (SSSR count). The van der Waals surface area contributed by atoms with E-state index < -0.39 is 0 Å². The monoisotopic (exact) mass is 286 g/mol. The standard InChI is InChI=1S/C13H10N4S2/c1-17(2)13-16-8-12(19-13)11-4-3-10(18-11)5-9(6-14)7-15/h3-5,8H,1-2H3. The van der Waals surface area contributed by atoms with E-state index in [1.54, 1.807) is 28.7 Å². The Kier molecular flexibility index (Phi) is 3.96. The molecule has 0 atom stereocenters. The molecule has 0 bridgehead atoms. The minimum absolute atomic E-state index is 0.117. The number of nitriles is 2. The molecule has 0 radical (unpaired) electrons. The minimum Gasteiger partial charge on any atom is -0.354 e. The van der Waals surface area contributed by atoms with Gasteiger partial charge in [0.1, 0.15) is 17.7 Å². The second kappa shape index (κ2) is 5.66. The fourth-order valence-electron chi connectivity index (χ4n) is 1.38. The summed E-state index contributed by atoms with van der Waals surface area (Å²) in [6, 6.07) is 7.61. The third kappa shape index (κ3) is 3.00. The van der Waals surface area contributed by atoms with Crippen LogP contribution in [-0.4, -0.2) is 19.1 Å². The predicted molar refractivity (Wildman–Crippen MR) is 79.0 cm³/mol. The van der Waals surface area contributed by atoms with Crippen molar-refractivity contribution < 1.29 is 0 Å². The Labute approximate surface area is 119 Å². The van der Waals surface area contributed by atoms with Gasteiger partial charge in [0.05, 0.1) is 4.88 Å². The average molecular weight is 286 g/mol. The van der Waals surface area contributed by atoms with Crippen molar-refractivity contribution in [2.45, 2.75) is 0 Å². The first-order chi connectivity index (χ1) is 9.13. The van der Waals surface area contributed by atoms with Crippen LogP contribution in [-0.2, 0) is 0 Å². The summed E-state index contributed by atoms with van der Waals surface area (Å²) in [6.07, 6.45) is 3.44. The molecule has 0 amide bonds. The van der Waals surface area contributed by atoms with E-state index in [2.05, 4.69) is 4.98 Å². The van der Waals surface area contributed by atoms with Crippen molar-refractivity contribution in [1.82, 2.24) is 4.98 Å². The van der Waals surface area contributed by atoms with Gasteiger partial charge in [-0.15, -0.1) is 11.3 Å². The van der Waals surface area contributed by atoms with E-state index in [0.29, 0.717) is 0 Å². The summed E-state index contributed by atoms with van der Waals surface area (Å²) in [6.45, 7) is 0. The number of rotatable bonds is 3. The van der Waals surface area contributed by atoms with Crippen LogP contribution < -0.4 is 4.90 Å². The Balaban J connectivity index is 2.29. The van der Waals surface area contributed by atoms with Gasteiger partial charge in [-0.25, -0.2) is 4.98 Å². The van der Waals surface area contributed by atoms with Gasteiger partial charge in [-0.2, -0.15) is 10.5 Å². The molecule has 0 aliphatic carbocycles. The van der Waals surface area contributed by atoms with Gasteiger partial charge in [0.15, 0.2) is 5.13 Å². The van der Waals surface area contributed by atoms with Crippen molar-refractivity contribution in [3.8, 4) is 21.9 Å². The first kappa shape index (κ1) is 13.3. The van der Waals surface area contributed by atoms with Crippen LogP contribution in [0.1, 0.15) is 4.88 Å². The molecule has 0 N–H and O–H groups in total. The quantitative estimate of drug-likeness (QED) is 0.811. The fraction of sp³-hybridized carbons (Fsp3) is 0.154. The molecule has 2 aromatic heterocycles. The van der Waals surface area contributed by atoms with E-state index in [1.165, 1.54) is 0 Å². The van der Waals surface area contributed by atoms with E-state index in [4.69, 9.17) is 10.5 Å². The Morgan fingerprint density at radius 3 is 2.53 bits per heavy atom. The van der Waals surface area contributed by atoms with Crippen LogP contribution in [0.4, 0.5) is 5.13 Å². The lowest BCUT2D eigenvalue weighted by molar-refractivity contribution is 1.11. The van der Waals surface area contributed by atoms with Gasteiger partial charge in [0, 0.05) is 30.0 Å². The molecule has 0 aliphatic rings. The molecular weight excluding hydrogens is 276 g/mol. The van der Waals surface area contributed by atoms with Gasteiger partial charge < -0.3 is 4.90 Å². The maximum absolute atomic E-state index is 8.73. The molecule has 19 heavy (non-hydrogen) atoms. The highest BCUT2D eigenvalue weighted by Crippen LogP contribution is 2.35. The van der Waals surface area contributed by atoms with Crippen molar-refractivity contribution in [2.24, 2.45) is 0 Å². The van der Waals surface area contributed by atoms with Gasteiger partial charge in [-0.1, -0.05) is 11.3 Å². The zero-order valence-corrected chi connectivity index (χ0v) is 12.0. The average Bonchev–Trinajstić information content (AvgIpc) is 3.04. The summed E-state index contributed by atoms with van der Waals surface area (Å²) in [5.74, 6) is 0. The first-order valence-electron chi connectivity index (χ1n) is 5.39. The summed E-state index contributed by atoms with van der Waals surface area (Å²) < 4.78 is 0. The third-order valence-corrected chi connectivity index (χ3v) is 4.67. The largest absolute Gasteiger partial charge is 0.354 e. The number of thiazole rings is 1. The molecule has 0 unspecified atom stereocenters. The van der Waals surface area contributed by atoms with Gasteiger partial charge in [-0.3, -0.25) is 0 Å². The Morgan fingerprint density at radius 2 is 1.95 bits per heavy atom. The predicted octanol–water partition coefficient (Wildman–Crippen LogP) is 3.37. The molecule has 2 heterocycles. The number of allylic oxidation sites excluding steroid dienone is 1. The van der Waals surface area contributed by atoms with Crippen LogP contribution in [0.3, 0.4) is 0 Å². The summed E-state index contributed by atoms with van der Waals surface area (Å²) in [4.78, 5) is 9.36. The second-order valence-electron chi connectivity index (χ2n) is 3.89. The van der Waals surface area contributed by atoms with Crippen LogP contribution in [0.15, 0.2) is 23.9 Å². The summed E-state index contributed by atoms with van der Waals surface area (Å²) in [7, 11) is 3.91. The van der Waals surface area contributed by atoms with Crippen molar-refractivity contribution in [2.75, 3.05) is 19.0 Å². The second-order valence-corrected chi connectivity index (χ2v) is 6.01. The number of thiophene rings is 1. The molecule has 4 nitrogen and oxygen atoms in total. The van der Waals surface area contributed by atoms with Crippen molar-refractivity contribution in [3.05, 3.63) is 28.8 Å². The molecule has 0 saturated heterocycles. The highest BCUT2D eigenvalue weighted by Gasteiger charge is 2.08. The first-order valence-corrected chi connectivity index (χ1v) is 7.02. The molecular formula is C13H10N4S2. The smallest absolute Gasteiger partial charge is 0.185 e. The van der Waals surface area contributed by atoms with Crippen LogP contribution >= 0.6 is 22.7 Å². The number of anilines is 1. The molecule has 2 aromatic rings. The van der Waals surface area contributed by atoms with E-state index in [9.17, 15) is 0 Å². The van der Waals surface area contributed by atoms with Crippen molar-refractivity contribution in [1.29, 1.82) is 10.5 Å². The lowest BCUT2D eigenvalue weighted by Gasteiger charge is -2.04. The molecule has 94 valence electrons. The fourth-order valence-corrected chi connectivity index (χ4v) is 3.25. The normalized spacial score (nSPS) is 9.47. The summed E-state index contributed by atoms with van der Waals surface area (Å²) in [5, 5.41) is 18.4. The van der Waals surface area contributed by atoms with E-state index in [-0.39, 0.29) is 5.57 Å². The third-order valence-electron chi connectivity index (χ3n) is 2.27. The highest BCUT2D eigenvalue weighted by atomic mass is 32.1. The maximum atomic E-state index is 8.73. The minimum atomic E-state index is 0.117. The number of nitrogens with zero attached hydrogens (tertiary/aromatic N) is 4. The molecule has 0 aromatic carbocycles. The maximum Gasteiger partial charge on any atom is 0.185 e. The molecule has 0 spiro atoms. The van der Waals surface area contributed by atoms with Crippen LogP contribution in [0.5, 0.6) is 0 Å². The summed E-state index contributed by atoms with van der Waals surface area (Å²) in [5.41, 5.74) is 0.117. The highest BCUT2D eigenvalue weighted by molar-refractivity contribution is 7.24. The number of aromatic nitrogens is 1. The van der Waals surface area contributed by atoms with Crippen LogP contribution in [0.2, 0.25) is 0 Å². The van der Waals surface area contributed by atoms with E-state index in [0.717, 1.165) is 19.8 Å². The van der Waals surface area contributed by atoms with E-state index >= 15 is 0 Å². The Morgan fingerprint density at radius 1 is 1.21 bits per heavy atom. The van der Waals surface area contributed by atoms with Crippen molar-refractivity contribution in [3.63, 3.8) is 0 Å². The number of hydrogen-bond acceptors (Lipinski definition) is 6. The molecule has 6 heteroatoms. The molecule has 0 fully saturated rings. The van der Waals surface area contributed by atoms with Gasteiger partial charge in [-0.05, 0) is 18.2 Å². The zero-order valence-electron chi connectivity index (χ0n) is 10.4. The van der Waals surface area contributed by atoms with Gasteiger partial charge in [0.25, 0.3) is 0 Å².